The number of aromatic nitrogens is 2. The first-order valence-corrected chi connectivity index (χ1v) is 10.5. The van der Waals surface area contributed by atoms with E-state index in [-0.39, 0.29) is 5.91 Å². The van der Waals surface area contributed by atoms with Gasteiger partial charge in [-0.05, 0) is 18.6 Å². The first kappa shape index (κ1) is 20.3. The number of nitrogens with one attached hydrogen (secondary N) is 1. The summed E-state index contributed by atoms with van der Waals surface area (Å²) in [7, 11) is 1.69. The predicted molar refractivity (Wildman–Crippen MR) is 113 cm³/mol. The maximum atomic E-state index is 11.8. The zero-order valence-electron chi connectivity index (χ0n) is 16.4. The van der Waals surface area contributed by atoms with Crippen LogP contribution in [0.15, 0.2) is 41.7 Å². The molecule has 1 aliphatic heterocycles. The number of nitrogens with zero attached hydrogens (tertiary/aromatic N) is 4. The summed E-state index contributed by atoms with van der Waals surface area (Å²) >= 11 is 1.44. The van der Waals surface area contributed by atoms with Gasteiger partial charge in [0.25, 0.3) is 0 Å². The number of carbonyl (C=O) groups excluding carboxylic acids is 1. The molecule has 7 nitrogen and oxygen atoms in total. The van der Waals surface area contributed by atoms with Crippen LogP contribution in [0.5, 0.6) is 5.75 Å². The maximum absolute atomic E-state index is 11.8. The summed E-state index contributed by atoms with van der Waals surface area (Å²) in [6.07, 6.45) is 2.52. The zero-order valence-corrected chi connectivity index (χ0v) is 17.2. The predicted octanol–water partition coefficient (Wildman–Crippen LogP) is 2.43. The monoisotopic (exact) mass is 401 g/mol. The van der Waals surface area contributed by atoms with Gasteiger partial charge in [-0.25, -0.2) is 9.97 Å². The number of amides is 1. The molecule has 1 aliphatic rings. The minimum absolute atomic E-state index is 0.0407. The maximum Gasteiger partial charge on any atom is 0.230 e. The lowest BCUT2D eigenvalue weighted by atomic mass is 10.2. The molecular formula is C20H27N5O2S. The first-order valence-electron chi connectivity index (χ1n) is 9.55. The summed E-state index contributed by atoms with van der Waals surface area (Å²) in [6.45, 7) is 6.35. The summed E-state index contributed by atoms with van der Waals surface area (Å²) < 4.78 is 5.33. The zero-order chi connectivity index (χ0) is 19.8. The molecule has 1 aromatic heterocycles. The van der Waals surface area contributed by atoms with Crippen molar-refractivity contribution in [3.05, 3.63) is 36.7 Å². The van der Waals surface area contributed by atoms with E-state index in [1.807, 2.05) is 25.1 Å². The standard InChI is InChI=1S/C20H27N5O2S/c1-3-7-21-19(26)14-28-20-13-18(22-15-23-20)25-10-8-24(9-11-25)16-5-4-6-17(12-16)27-2/h4-6,12-13,15H,3,7-11,14H2,1-2H3,(H,21,26). The second kappa shape index (κ2) is 10.2. The van der Waals surface area contributed by atoms with E-state index in [4.69, 9.17) is 4.74 Å². The highest BCUT2D eigenvalue weighted by molar-refractivity contribution is 7.99. The van der Waals surface area contributed by atoms with Gasteiger partial charge in [-0.2, -0.15) is 0 Å². The van der Waals surface area contributed by atoms with E-state index in [1.54, 1.807) is 13.4 Å². The Hall–Kier alpha value is -2.48. The van der Waals surface area contributed by atoms with Crippen LogP contribution in [0, 0.1) is 0 Å². The highest BCUT2D eigenvalue weighted by Gasteiger charge is 2.19. The van der Waals surface area contributed by atoms with Crippen molar-refractivity contribution in [3.63, 3.8) is 0 Å². The molecule has 0 atom stereocenters. The molecule has 2 aromatic rings. The van der Waals surface area contributed by atoms with E-state index in [0.717, 1.165) is 49.2 Å². The number of piperazine rings is 1. The van der Waals surface area contributed by atoms with Gasteiger partial charge < -0.3 is 19.9 Å². The largest absolute Gasteiger partial charge is 0.497 e. The van der Waals surface area contributed by atoms with Crippen LogP contribution in [0.3, 0.4) is 0 Å². The Morgan fingerprint density at radius 2 is 1.96 bits per heavy atom. The molecule has 1 aromatic carbocycles. The smallest absolute Gasteiger partial charge is 0.230 e. The highest BCUT2D eigenvalue weighted by atomic mass is 32.2. The van der Waals surface area contributed by atoms with Gasteiger partial charge in [0.05, 0.1) is 12.9 Å². The van der Waals surface area contributed by atoms with Gasteiger partial charge in [-0.1, -0.05) is 24.8 Å². The van der Waals surface area contributed by atoms with E-state index in [1.165, 1.54) is 17.4 Å². The van der Waals surface area contributed by atoms with Crippen molar-refractivity contribution in [2.24, 2.45) is 0 Å². The molecule has 0 radical (unpaired) electrons. The molecule has 0 spiro atoms. The molecule has 28 heavy (non-hydrogen) atoms. The van der Waals surface area contributed by atoms with Crippen LogP contribution < -0.4 is 19.9 Å². The fraction of sp³-hybridized carbons (Fsp3) is 0.450. The Kier molecular flexibility index (Phi) is 7.36. The van der Waals surface area contributed by atoms with Crippen molar-refractivity contribution < 1.29 is 9.53 Å². The SMILES string of the molecule is CCCNC(=O)CSc1cc(N2CCN(c3cccc(OC)c3)CC2)ncn1. The third-order valence-electron chi connectivity index (χ3n) is 4.57. The van der Waals surface area contributed by atoms with Crippen LogP contribution in [-0.4, -0.2) is 61.5 Å². The van der Waals surface area contributed by atoms with E-state index in [9.17, 15) is 4.79 Å². The Morgan fingerprint density at radius 1 is 1.18 bits per heavy atom. The van der Waals surface area contributed by atoms with Gasteiger partial charge in [0, 0.05) is 50.5 Å². The molecule has 0 unspecified atom stereocenters. The second-order valence-corrected chi connectivity index (χ2v) is 7.52. The Labute approximate surface area is 170 Å². The van der Waals surface area contributed by atoms with Gasteiger partial charge in [-0.15, -0.1) is 0 Å². The number of hydrogen-bond donors (Lipinski definition) is 1. The molecule has 0 saturated carbocycles. The van der Waals surface area contributed by atoms with Gasteiger partial charge in [0.1, 0.15) is 22.9 Å². The minimum Gasteiger partial charge on any atom is -0.497 e. The van der Waals surface area contributed by atoms with Crippen molar-refractivity contribution in [1.29, 1.82) is 0 Å². The molecule has 3 rings (SSSR count). The van der Waals surface area contributed by atoms with Crippen LogP contribution in [0.1, 0.15) is 13.3 Å². The fourth-order valence-electron chi connectivity index (χ4n) is 3.04. The Morgan fingerprint density at radius 3 is 2.71 bits per heavy atom. The lowest BCUT2D eigenvalue weighted by molar-refractivity contribution is -0.118. The molecule has 1 amide bonds. The number of carbonyl (C=O) groups is 1. The van der Waals surface area contributed by atoms with Crippen molar-refractivity contribution in [3.8, 4) is 5.75 Å². The number of thioether (sulfide) groups is 1. The van der Waals surface area contributed by atoms with Crippen molar-refractivity contribution in [2.45, 2.75) is 18.4 Å². The van der Waals surface area contributed by atoms with Crippen LogP contribution in [0.25, 0.3) is 0 Å². The molecule has 1 fully saturated rings. The lowest BCUT2D eigenvalue weighted by Gasteiger charge is -2.36. The summed E-state index contributed by atoms with van der Waals surface area (Å²) in [5.41, 5.74) is 1.18. The number of methoxy groups -OCH3 is 1. The third-order valence-corrected chi connectivity index (χ3v) is 5.50. The minimum atomic E-state index is 0.0407. The molecule has 2 heterocycles. The average Bonchev–Trinajstić information content (AvgIpc) is 2.76. The van der Waals surface area contributed by atoms with Crippen LogP contribution in [-0.2, 0) is 4.79 Å². The number of rotatable bonds is 8. The topological polar surface area (TPSA) is 70.6 Å². The van der Waals surface area contributed by atoms with E-state index in [2.05, 4.69) is 37.2 Å². The Bertz CT molecular complexity index is 781. The summed E-state index contributed by atoms with van der Waals surface area (Å²) in [4.78, 5) is 25.1. The van der Waals surface area contributed by atoms with Crippen molar-refractivity contribution in [1.82, 2.24) is 15.3 Å². The molecular weight excluding hydrogens is 374 g/mol. The number of hydrogen-bond acceptors (Lipinski definition) is 7. The average molecular weight is 402 g/mol. The summed E-state index contributed by atoms with van der Waals surface area (Å²) in [5.74, 6) is 2.20. The number of benzene rings is 1. The van der Waals surface area contributed by atoms with Crippen LogP contribution in [0.4, 0.5) is 11.5 Å². The van der Waals surface area contributed by atoms with E-state index in [0.29, 0.717) is 12.3 Å². The Balaban J connectivity index is 1.54. The first-order chi connectivity index (χ1) is 13.7. The summed E-state index contributed by atoms with van der Waals surface area (Å²) in [5, 5.41) is 3.71. The van der Waals surface area contributed by atoms with Gasteiger partial charge in [0.2, 0.25) is 5.91 Å². The van der Waals surface area contributed by atoms with Gasteiger partial charge in [-0.3, -0.25) is 4.79 Å². The summed E-state index contributed by atoms with van der Waals surface area (Å²) in [6, 6.07) is 10.1. The van der Waals surface area contributed by atoms with Crippen molar-refractivity contribution in [2.75, 3.05) is 55.4 Å². The fourth-order valence-corrected chi connectivity index (χ4v) is 3.73. The molecule has 8 heteroatoms. The quantitative estimate of drug-likeness (QED) is 0.538. The van der Waals surface area contributed by atoms with Gasteiger partial charge >= 0.3 is 0 Å². The molecule has 1 saturated heterocycles. The van der Waals surface area contributed by atoms with Crippen molar-refractivity contribution >= 4 is 29.2 Å². The van der Waals surface area contributed by atoms with Crippen LogP contribution >= 0.6 is 11.8 Å². The molecule has 150 valence electrons. The normalized spacial score (nSPS) is 14.1. The molecule has 0 bridgehead atoms. The molecule has 0 aliphatic carbocycles. The molecule has 1 N–H and O–H groups in total. The highest BCUT2D eigenvalue weighted by Crippen LogP contribution is 2.24. The second-order valence-electron chi connectivity index (χ2n) is 6.53. The van der Waals surface area contributed by atoms with Gasteiger partial charge in [0.15, 0.2) is 0 Å². The number of ether oxygens (including phenoxy) is 1. The van der Waals surface area contributed by atoms with E-state index >= 15 is 0 Å². The number of anilines is 2. The van der Waals surface area contributed by atoms with Crippen LogP contribution in [0.2, 0.25) is 0 Å². The third kappa shape index (κ3) is 5.51. The van der Waals surface area contributed by atoms with E-state index < -0.39 is 0 Å². The lowest BCUT2D eigenvalue weighted by Crippen LogP contribution is -2.46.